The lowest BCUT2D eigenvalue weighted by atomic mass is 9.91. The first kappa shape index (κ1) is 26.4. The van der Waals surface area contributed by atoms with E-state index in [1.807, 2.05) is 20.8 Å². The Kier molecular flexibility index (Phi) is 19.0. The highest BCUT2D eigenvalue weighted by atomic mass is 79.9. The summed E-state index contributed by atoms with van der Waals surface area (Å²) in [6, 6.07) is 0. The molecule has 0 aliphatic rings. The monoisotopic (exact) mass is 436 g/mol. The van der Waals surface area contributed by atoms with Crippen LogP contribution >= 0.6 is 15.9 Å². The first-order chi connectivity index (χ1) is 12.7. The Morgan fingerprint density at radius 3 is 1.46 bits per heavy atom. The molecule has 0 aromatic rings. The van der Waals surface area contributed by atoms with Crippen molar-refractivity contribution in [2.75, 3.05) is 25.2 Å². The van der Waals surface area contributed by atoms with Gasteiger partial charge < -0.3 is 14.2 Å². The molecule has 1 unspecified atom stereocenters. The molecule has 3 nitrogen and oxygen atoms in total. The molecule has 0 aliphatic carbocycles. The molecule has 0 fully saturated rings. The van der Waals surface area contributed by atoms with E-state index >= 15 is 0 Å². The van der Waals surface area contributed by atoms with Crippen molar-refractivity contribution in [1.82, 2.24) is 0 Å². The number of alkyl halides is 1. The molecule has 0 N–H and O–H groups in total. The van der Waals surface area contributed by atoms with E-state index in [2.05, 4.69) is 22.9 Å². The Labute approximate surface area is 172 Å². The van der Waals surface area contributed by atoms with Crippen molar-refractivity contribution >= 4 is 15.9 Å². The molecule has 0 radical (unpaired) electrons. The van der Waals surface area contributed by atoms with E-state index in [9.17, 15) is 0 Å². The Bertz CT molecular complexity index is 270. The standard InChI is InChI=1S/C22H45BrO3/c1-5-9-10-11-12-15-18-21(19-16-13-14-17-20-23)22(24-6-2,25-7-3)26-8-4/h21H,5-20H2,1-4H3. The highest BCUT2D eigenvalue weighted by Gasteiger charge is 2.41. The number of rotatable bonds is 20. The summed E-state index contributed by atoms with van der Waals surface area (Å²) in [5.41, 5.74) is 0. The molecular weight excluding hydrogens is 392 g/mol. The molecule has 0 heterocycles. The maximum Gasteiger partial charge on any atom is 0.285 e. The first-order valence-corrected chi connectivity index (χ1v) is 12.3. The zero-order valence-corrected chi connectivity index (χ0v) is 19.6. The van der Waals surface area contributed by atoms with E-state index in [0.717, 1.165) is 18.2 Å². The van der Waals surface area contributed by atoms with Crippen LogP contribution in [0.2, 0.25) is 0 Å². The largest absolute Gasteiger partial charge is 0.328 e. The van der Waals surface area contributed by atoms with Crippen LogP contribution < -0.4 is 0 Å². The number of unbranched alkanes of at least 4 members (excludes halogenated alkanes) is 8. The third kappa shape index (κ3) is 11.9. The van der Waals surface area contributed by atoms with Crippen LogP contribution in [0, 0.1) is 5.92 Å². The smallest absolute Gasteiger partial charge is 0.285 e. The number of hydrogen-bond donors (Lipinski definition) is 0. The van der Waals surface area contributed by atoms with Crippen molar-refractivity contribution in [3.63, 3.8) is 0 Å². The van der Waals surface area contributed by atoms with Crippen LogP contribution in [-0.2, 0) is 14.2 Å². The van der Waals surface area contributed by atoms with Crippen molar-refractivity contribution in [1.29, 1.82) is 0 Å². The van der Waals surface area contributed by atoms with E-state index in [0.29, 0.717) is 25.7 Å². The molecular formula is C22H45BrO3. The fourth-order valence-corrected chi connectivity index (χ4v) is 3.99. The quantitative estimate of drug-likeness (QED) is 0.112. The van der Waals surface area contributed by atoms with Crippen LogP contribution in [0.3, 0.4) is 0 Å². The van der Waals surface area contributed by atoms with Crippen molar-refractivity contribution in [2.24, 2.45) is 5.92 Å². The Morgan fingerprint density at radius 2 is 1.04 bits per heavy atom. The van der Waals surface area contributed by atoms with Gasteiger partial charge in [0.25, 0.3) is 5.97 Å². The molecule has 4 heteroatoms. The average molecular weight is 438 g/mol. The summed E-state index contributed by atoms with van der Waals surface area (Å²) < 4.78 is 18.3. The second kappa shape index (κ2) is 18.7. The summed E-state index contributed by atoms with van der Waals surface area (Å²) in [5.74, 6) is -0.533. The molecule has 0 aromatic heterocycles. The highest BCUT2D eigenvalue weighted by molar-refractivity contribution is 9.09. The van der Waals surface area contributed by atoms with Crippen molar-refractivity contribution in [3.8, 4) is 0 Å². The van der Waals surface area contributed by atoms with Gasteiger partial charge in [-0.15, -0.1) is 0 Å². The predicted octanol–water partition coefficient (Wildman–Crippen LogP) is 7.46. The summed E-state index contributed by atoms with van der Waals surface area (Å²) in [4.78, 5) is 0. The number of ether oxygens (including phenoxy) is 3. The Balaban J connectivity index is 4.74. The lowest BCUT2D eigenvalue weighted by Crippen LogP contribution is -2.46. The van der Waals surface area contributed by atoms with Crippen molar-refractivity contribution < 1.29 is 14.2 Å². The van der Waals surface area contributed by atoms with E-state index in [-0.39, 0.29) is 0 Å². The minimum Gasteiger partial charge on any atom is -0.328 e. The summed E-state index contributed by atoms with van der Waals surface area (Å²) in [6.45, 7) is 10.2. The maximum absolute atomic E-state index is 6.09. The molecule has 0 saturated carbocycles. The topological polar surface area (TPSA) is 27.7 Å². The van der Waals surface area contributed by atoms with Gasteiger partial charge in [0.15, 0.2) is 0 Å². The van der Waals surface area contributed by atoms with Gasteiger partial charge in [0.1, 0.15) is 0 Å². The van der Waals surface area contributed by atoms with E-state index < -0.39 is 5.97 Å². The molecule has 0 spiro atoms. The van der Waals surface area contributed by atoms with Crippen LogP contribution in [0.1, 0.15) is 105 Å². The number of halogens is 1. The van der Waals surface area contributed by atoms with Crippen LogP contribution in [0.15, 0.2) is 0 Å². The van der Waals surface area contributed by atoms with Crippen molar-refractivity contribution in [2.45, 2.75) is 111 Å². The van der Waals surface area contributed by atoms with Gasteiger partial charge in [-0.2, -0.15) is 0 Å². The third-order valence-electron chi connectivity index (χ3n) is 4.88. The normalized spacial score (nSPS) is 13.3. The maximum atomic E-state index is 6.09. The zero-order chi connectivity index (χ0) is 19.5. The second-order valence-electron chi connectivity index (χ2n) is 7.05. The van der Waals surface area contributed by atoms with Gasteiger partial charge in [0.2, 0.25) is 0 Å². The SMILES string of the molecule is CCCCCCCCC(CCCCCCBr)C(OCC)(OCC)OCC. The van der Waals surface area contributed by atoms with Crippen LogP contribution in [-0.4, -0.2) is 31.1 Å². The molecule has 0 amide bonds. The van der Waals surface area contributed by atoms with Gasteiger partial charge in [-0.05, 0) is 40.0 Å². The van der Waals surface area contributed by atoms with Crippen molar-refractivity contribution in [3.05, 3.63) is 0 Å². The third-order valence-corrected chi connectivity index (χ3v) is 5.44. The molecule has 158 valence electrons. The molecule has 1 atom stereocenters. The van der Waals surface area contributed by atoms with Gasteiger partial charge in [-0.1, -0.05) is 80.6 Å². The molecule has 0 aliphatic heterocycles. The lowest BCUT2D eigenvalue weighted by molar-refractivity contribution is -0.403. The van der Waals surface area contributed by atoms with Gasteiger partial charge in [0.05, 0.1) is 0 Å². The van der Waals surface area contributed by atoms with Gasteiger partial charge in [0, 0.05) is 31.1 Å². The van der Waals surface area contributed by atoms with Gasteiger partial charge in [-0.3, -0.25) is 0 Å². The van der Waals surface area contributed by atoms with Gasteiger partial charge >= 0.3 is 0 Å². The summed E-state index contributed by atoms with van der Waals surface area (Å²) in [6.07, 6.45) is 15.2. The van der Waals surface area contributed by atoms with Crippen LogP contribution in [0.5, 0.6) is 0 Å². The van der Waals surface area contributed by atoms with Crippen LogP contribution in [0.25, 0.3) is 0 Å². The fourth-order valence-electron chi connectivity index (χ4n) is 3.59. The number of hydrogen-bond acceptors (Lipinski definition) is 3. The minimum absolute atomic E-state index is 0.317. The van der Waals surface area contributed by atoms with Gasteiger partial charge in [-0.25, -0.2) is 0 Å². The Morgan fingerprint density at radius 1 is 0.615 bits per heavy atom. The molecule has 0 bridgehead atoms. The lowest BCUT2D eigenvalue weighted by Gasteiger charge is -2.39. The van der Waals surface area contributed by atoms with E-state index in [1.165, 1.54) is 64.2 Å². The predicted molar refractivity (Wildman–Crippen MR) is 116 cm³/mol. The summed E-state index contributed by atoms with van der Waals surface area (Å²) in [7, 11) is 0. The van der Waals surface area contributed by atoms with E-state index in [4.69, 9.17) is 14.2 Å². The summed E-state index contributed by atoms with van der Waals surface area (Å²) in [5, 5.41) is 1.11. The fraction of sp³-hybridized carbons (Fsp3) is 1.00. The highest BCUT2D eigenvalue weighted by Crippen LogP contribution is 2.34. The van der Waals surface area contributed by atoms with Crippen LogP contribution in [0.4, 0.5) is 0 Å². The average Bonchev–Trinajstić information content (AvgIpc) is 2.63. The molecule has 0 aromatic carbocycles. The minimum atomic E-state index is -0.850. The molecule has 0 saturated heterocycles. The zero-order valence-electron chi connectivity index (χ0n) is 18.0. The van der Waals surface area contributed by atoms with E-state index in [1.54, 1.807) is 0 Å². The summed E-state index contributed by atoms with van der Waals surface area (Å²) >= 11 is 3.52. The Hall–Kier alpha value is 0.360. The second-order valence-corrected chi connectivity index (χ2v) is 7.84. The molecule has 26 heavy (non-hydrogen) atoms. The molecule has 0 rings (SSSR count). The first-order valence-electron chi connectivity index (χ1n) is 11.2.